The van der Waals surface area contributed by atoms with Crippen LogP contribution in [0.5, 0.6) is 0 Å². The molecule has 0 aliphatic carbocycles. The lowest BCUT2D eigenvalue weighted by molar-refractivity contribution is 0.185. The van der Waals surface area contributed by atoms with Gasteiger partial charge in [0.2, 0.25) is 5.89 Å². The number of aromatic nitrogens is 2. The monoisotopic (exact) mass is 237 g/mol. The van der Waals surface area contributed by atoms with E-state index >= 15 is 0 Å². The first-order valence-electron chi connectivity index (χ1n) is 6.46. The van der Waals surface area contributed by atoms with Crippen molar-refractivity contribution >= 4 is 0 Å². The molecule has 2 saturated heterocycles. The van der Waals surface area contributed by atoms with Gasteiger partial charge in [0.05, 0.1) is 5.92 Å². The maximum absolute atomic E-state index is 5.39. The van der Waals surface area contributed by atoms with E-state index in [-0.39, 0.29) is 0 Å². The first kappa shape index (κ1) is 11.2. The molecule has 3 heterocycles. The van der Waals surface area contributed by atoms with Gasteiger partial charge in [0.25, 0.3) is 0 Å². The fourth-order valence-corrected chi connectivity index (χ4v) is 2.70. The Labute approximate surface area is 101 Å². The quantitative estimate of drug-likeness (QED) is 0.853. The zero-order chi connectivity index (χ0) is 11.7. The van der Waals surface area contributed by atoms with Gasteiger partial charge in [0.15, 0.2) is 5.82 Å². The van der Waals surface area contributed by atoms with Crippen LogP contribution in [0, 0.1) is 5.92 Å². The molecule has 5 nitrogen and oxygen atoms in total. The zero-order valence-corrected chi connectivity index (χ0v) is 10.2. The van der Waals surface area contributed by atoms with Crippen LogP contribution in [0.2, 0.25) is 0 Å². The summed E-state index contributed by atoms with van der Waals surface area (Å²) in [6, 6.07) is 0.443. The largest absolute Gasteiger partial charge is 0.381 e. The maximum atomic E-state index is 5.39. The summed E-state index contributed by atoms with van der Waals surface area (Å²) < 4.78 is 10.7. The van der Waals surface area contributed by atoms with Gasteiger partial charge in [-0.15, -0.1) is 0 Å². The first-order valence-corrected chi connectivity index (χ1v) is 6.46. The topological polar surface area (TPSA) is 60.2 Å². The SMILES string of the molecule is CC1NCCC1c1nc(CC2CCOC2)no1. The van der Waals surface area contributed by atoms with Gasteiger partial charge in [-0.3, -0.25) is 0 Å². The molecular weight excluding hydrogens is 218 g/mol. The van der Waals surface area contributed by atoms with E-state index in [0.717, 1.165) is 50.7 Å². The van der Waals surface area contributed by atoms with Gasteiger partial charge >= 0.3 is 0 Å². The minimum Gasteiger partial charge on any atom is -0.381 e. The molecule has 1 aromatic rings. The summed E-state index contributed by atoms with van der Waals surface area (Å²) in [7, 11) is 0. The summed E-state index contributed by atoms with van der Waals surface area (Å²) in [5.74, 6) is 2.60. The second kappa shape index (κ2) is 4.74. The van der Waals surface area contributed by atoms with Crippen molar-refractivity contribution in [1.82, 2.24) is 15.5 Å². The third-order valence-electron chi connectivity index (χ3n) is 3.82. The van der Waals surface area contributed by atoms with Crippen LogP contribution in [0.3, 0.4) is 0 Å². The molecule has 17 heavy (non-hydrogen) atoms. The molecule has 1 N–H and O–H groups in total. The predicted molar refractivity (Wildman–Crippen MR) is 61.8 cm³/mol. The van der Waals surface area contributed by atoms with Crippen molar-refractivity contribution in [2.24, 2.45) is 5.92 Å². The highest BCUT2D eigenvalue weighted by molar-refractivity contribution is 5.02. The second-order valence-corrected chi connectivity index (χ2v) is 5.12. The summed E-state index contributed by atoms with van der Waals surface area (Å²) in [6.07, 6.45) is 3.10. The molecule has 94 valence electrons. The van der Waals surface area contributed by atoms with Crippen molar-refractivity contribution < 1.29 is 9.26 Å². The molecule has 3 unspecified atom stereocenters. The van der Waals surface area contributed by atoms with Crippen LogP contribution in [0.4, 0.5) is 0 Å². The molecule has 3 rings (SSSR count). The molecule has 5 heteroatoms. The van der Waals surface area contributed by atoms with Gasteiger partial charge in [0, 0.05) is 25.7 Å². The standard InChI is InChI=1S/C12H19N3O2/c1-8-10(2-4-13-8)12-14-11(15-17-12)6-9-3-5-16-7-9/h8-10,13H,2-7H2,1H3. The summed E-state index contributed by atoms with van der Waals surface area (Å²) in [5.41, 5.74) is 0. The van der Waals surface area contributed by atoms with Crippen molar-refractivity contribution in [3.05, 3.63) is 11.7 Å². The van der Waals surface area contributed by atoms with Gasteiger partial charge in [0.1, 0.15) is 0 Å². The van der Waals surface area contributed by atoms with Crippen LogP contribution in [-0.2, 0) is 11.2 Å². The fraction of sp³-hybridized carbons (Fsp3) is 0.833. The van der Waals surface area contributed by atoms with Gasteiger partial charge in [-0.1, -0.05) is 5.16 Å². The normalized spacial score (nSPS) is 33.4. The summed E-state index contributed by atoms with van der Waals surface area (Å²) in [6.45, 7) is 4.93. The lowest BCUT2D eigenvalue weighted by Gasteiger charge is -2.08. The Balaban J connectivity index is 1.65. The van der Waals surface area contributed by atoms with E-state index in [1.165, 1.54) is 0 Å². The predicted octanol–water partition coefficient (Wildman–Crippen LogP) is 1.11. The summed E-state index contributed by atoms with van der Waals surface area (Å²) >= 11 is 0. The number of nitrogens with zero attached hydrogens (tertiary/aromatic N) is 2. The van der Waals surface area contributed by atoms with E-state index in [9.17, 15) is 0 Å². The van der Waals surface area contributed by atoms with E-state index in [2.05, 4.69) is 22.4 Å². The molecule has 0 saturated carbocycles. The Bertz CT molecular complexity index is 374. The van der Waals surface area contributed by atoms with Crippen LogP contribution in [0.1, 0.15) is 37.4 Å². The number of rotatable bonds is 3. The maximum Gasteiger partial charge on any atom is 0.231 e. The van der Waals surface area contributed by atoms with Gasteiger partial charge in [-0.2, -0.15) is 4.98 Å². The van der Waals surface area contributed by atoms with E-state index < -0.39 is 0 Å². The van der Waals surface area contributed by atoms with Crippen molar-refractivity contribution in [1.29, 1.82) is 0 Å². The Morgan fingerprint density at radius 3 is 3.06 bits per heavy atom. The smallest absolute Gasteiger partial charge is 0.231 e. The third kappa shape index (κ3) is 2.35. The molecule has 2 fully saturated rings. The molecule has 2 aliphatic rings. The van der Waals surface area contributed by atoms with Gasteiger partial charge < -0.3 is 14.6 Å². The van der Waals surface area contributed by atoms with Crippen LogP contribution < -0.4 is 5.32 Å². The molecule has 0 spiro atoms. The second-order valence-electron chi connectivity index (χ2n) is 5.12. The Kier molecular flexibility index (Phi) is 3.11. The van der Waals surface area contributed by atoms with E-state index in [4.69, 9.17) is 9.26 Å². The van der Waals surface area contributed by atoms with Gasteiger partial charge in [-0.05, 0) is 32.2 Å². The molecule has 2 aliphatic heterocycles. The van der Waals surface area contributed by atoms with E-state index in [1.54, 1.807) is 0 Å². The Hall–Kier alpha value is -0.940. The molecule has 0 radical (unpaired) electrons. The van der Waals surface area contributed by atoms with Gasteiger partial charge in [-0.25, -0.2) is 0 Å². The van der Waals surface area contributed by atoms with Crippen molar-refractivity contribution in [2.45, 2.75) is 38.1 Å². The number of ether oxygens (including phenoxy) is 1. The minimum atomic E-state index is 0.385. The Morgan fingerprint density at radius 2 is 2.35 bits per heavy atom. The fourth-order valence-electron chi connectivity index (χ4n) is 2.70. The summed E-state index contributed by atoms with van der Waals surface area (Å²) in [4.78, 5) is 4.53. The molecule has 0 aromatic carbocycles. The average Bonchev–Trinajstić information content (AvgIpc) is 3.00. The molecule has 0 amide bonds. The summed E-state index contributed by atoms with van der Waals surface area (Å²) in [5, 5.41) is 7.49. The molecule has 3 atom stereocenters. The van der Waals surface area contributed by atoms with Crippen LogP contribution in [-0.4, -0.2) is 35.9 Å². The van der Waals surface area contributed by atoms with Crippen molar-refractivity contribution in [3.8, 4) is 0 Å². The van der Waals surface area contributed by atoms with Crippen molar-refractivity contribution in [2.75, 3.05) is 19.8 Å². The molecular formula is C12H19N3O2. The van der Waals surface area contributed by atoms with Crippen LogP contribution >= 0.6 is 0 Å². The molecule has 0 bridgehead atoms. The highest BCUT2D eigenvalue weighted by Crippen LogP contribution is 2.26. The number of hydrogen-bond acceptors (Lipinski definition) is 5. The average molecular weight is 237 g/mol. The Morgan fingerprint density at radius 1 is 1.41 bits per heavy atom. The lowest BCUT2D eigenvalue weighted by Crippen LogP contribution is -2.21. The zero-order valence-electron chi connectivity index (χ0n) is 10.2. The van der Waals surface area contributed by atoms with Crippen LogP contribution in [0.15, 0.2) is 4.52 Å². The number of nitrogens with one attached hydrogen (secondary N) is 1. The van der Waals surface area contributed by atoms with Crippen molar-refractivity contribution in [3.63, 3.8) is 0 Å². The molecule has 1 aromatic heterocycles. The number of hydrogen-bond donors (Lipinski definition) is 1. The third-order valence-corrected chi connectivity index (χ3v) is 3.82. The van der Waals surface area contributed by atoms with E-state index in [1.807, 2.05) is 0 Å². The van der Waals surface area contributed by atoms with Crippen LogP contribution in [0.25, 0.3) is 0 Å². The highest BCUT2D eigenvalue weighted by Gasteiger charge is 2.29. The first-order chi connectivity index (χ1) is 8.33. The van der Waals surface area contributed by atoms with E-state index in [0.29, 0.717) is 17.9 Å². The highest BCUT2D eigenvalue weighted by atomic mass is 16.5. The lowest BCUT2D eigenvalue weighted by atomic mass is 10.0. The minimum absolute atomic E-state index is 0.385.